The van der Waals surface area contributed by atoms with Gasteiger partial charge in [-0.1, -0.05) is 0 Å². The Morgan fingerprint density at radius 3 is 2.18 bits per heavy atom. The summed E-state index contributed by atoms with van der Waals surface area (Å²) in [5.41, 5.74) is 9.38. The first kappa shape index (κ1) is 21.9. The topological polar surface area (TPSA) is 27.7 Å². The third-order valence-corrected chi connectivity index (χ3v) is 15.4. The Balaban J connectivity index is 1.61. The van der Waals surface area contributed by atoms with Crippen molar-refractivity contribution >= 4 is 22.1 Å². The van der Waals surface area contributed by atoms with E-state index in [1.165, 1.54) is 21.1 Å². The number of fused-ring (bicyclic) bond motifs is 3. The molecule has 0 aliphatic carbocycles. The van der Waals surface area contributed by atoms with E-state index in [0.717, 1.165) is 44.5 Å². The minimum atomic E-state index is -3.18. The molecular weight excluding hydrogens is 540 g/mol. The van der Waals surface area contributed by atoms with Gasteiger partial charge in [0, 0.05) is 0 Å². The Morgan fingerprint density at radius 2 is 1.46 bits per heavy atom. The summed E-state index contributed by atoms with van der Waals surface area (Å²) >= 11 is -3.18. The van der Waals surface area contributed by atoms with E-state index < -0.39 is 25.9 Å². The second-order valence-electron chi connectivity index (χ2n) is 10.8. The van der Waals surface area contributed by atoms with Crippen molar-refractivity contribution in [1.82, 2.24) is 0 Å². The summed E-state index contributed by atoms with van der Waals surface area (Å²) in [6.45, 7) is -0.518. The zero-order valence-corrected chi connectivity index (χ0v) is 24.5. The van der Waals surface area contributed by atoms with Crippen LogP contribution in [0.25, 0.3) is 44.6 Å². The molecular formula is C35H30FGeN2+. The molecule has 0 fully saturated rings. The van der Waals surface area contributed by atoms with Crippen LogP contribution in [0.4, 0.5) is 4.39 Å². The molecule has 0 amide bonds. The van der Waals surface area contributed by atoms with E-state index in [1.807, 2.05) is 37.3 Å². The van der Waals surface area contributed by atoms with Crippen molar-refractivity contribution in [3.05, 3.63) is 114 Å². The fraction of sp³-hybridized carbons (Fsp3) is 0.143. The molecule has 2 heterocycles. The normalized spacial score (nSPS) is 14.5. The number of nitriles is 1. The molecule has 1 aliphatic heterocycles. The molecule has 0 bridgehead atoms. The van der Waals surface area contributed by atoms with Gasteiger partial charge >= 0.3 is 237 Å². The predicted molar refractivity (Wildman–Crippen MR) is 160 cm³/mol. The second kappa shape index (κ2) is 9.32. The number of hydrogen-bond donors (Lipinski definition) is 0. The van der Waals surface area contributed by atoms with Crippen LogP contribution in [0.1, 0.15) is 20.8 Å². The molecule has 6 rings (SSSR count). The quantitative estimate of drug-likeness (QED) is 0.170. The van der Waals surface area contributed by atoms with E-state index in [9.17, 15) is 5.26 Å². The molecule has 0 saturated carbocycles. The summed E-state index contributed by atoms with van der Waals surface area (Å²) in [6, 6.07) is 30.6. The Hall–Kier alpha value is -4.01. The number of benzene rings is 4. The second-order valence-corrected chi connectivity index (χ2v) is 19.7. The van der Waals surface area contributed by atoms with Gasteiger partial charge in [-0.15, -0.1) is 0 Å². The molecule has 2 nitrogen and oxygen atoms in total. The van der Waals surface area contributed by atoms with E-state index >= 15 is 4.39 Å². The van der Waals surface area contributed by atoms with Crippen LogP contribution >= 0.6 is 0 Å². The van der Waals surface area contributed by atoms with Crippen LogP contribution in [0.5, 0.6) is 0 Å². The monoisotopic (exact) mass is 574 g/mol. The van der Waals surface area contributed by atoms with Gasteiger partial charge < -0.3 is 0 Å². The van der Waals surface area contributed by atoms with Crippen molar-refractivity contribution in [3.63, 3.8) is 0 Å². The van der Waals surface area contributed by atoms with Crippen LogP contribution in [0.15, 0.2) is 91.1 Å². The Kier molecular flexibility index (Phi) is 5.23. The number of rotatable bonds is 3. The molecule has 1 aliphatic rings. The van der Waals surface area contributed by atoms with Crippen LogP contribution in [-0.4, -0.2) is 13.3 Å². The van der Waals surface area contributed by atoms with Crippen LogP contribution in [0.3, 0.4) is 0 Å². The van der Waals surface area contributed by atoms with Crippen LogP contribution < -0.4 is 13.4 Å². The SMILES string of the molecule is [2H]C([2H])([2H])c1c[n+](C)c(-c2c(C)ccc3[c]2[Ge]([CH3])([CH3])[c]2c-3ccc(C#N)c2-c2cccc(-c3ccccc3)c2)cc1F. The first-order valence-electron chi connectivity index (χ1n) is 14.5. The summed E-state index contributed by atoms with van der Waals surface area (Å²) in [5.74, 6) is 3.95. The predicted octanol–water partition coefficient (Wildman–Crippen LogP) is 6.94. The maximum atomic E-state index is 15.3. The van der Waals surface area contributed by atoms with Crippen LogP contribution in [0, 0.1) is 30.9 Å². The van der Waals surface area contributed by atoms with Crippen LogP contribution in [0.2, 0.25) is 11.5 Å². The van der Waals surface area contributed by atoms with E-state index in [0.29, 0.717) is 11.3 Å². The van der Waals surface area contributed by atoms with Crippen molar-refractivity contribution in [2.75, 3.05) is 0 Å². The van der Waals surface area contributed by atoms with Gasteiger partial charge in [0.1, 0.15) is 0 Å². The Morgan fingerprint density at radius 1 is 0.795 bits per heavy atom. The number of hydrogen-bond acceptors (Lipinski definition) is 1. The first-order valence-corrected chi connectivity index (χ1v) is 19.3. The number of pyridine rings is 1. The number of nitrogens with zero attached hydrogens (tertiary/aromatic N) is 2. The van der Waals surface area contributed by atoms with E-state index in [1.54, 1.807) is 11.6 Å². The zero-order chi connectivity index (χ0) is 30.0. The van der Waals surface area contributed by atoms with Gasteiger partial charge in [-0.3, -0.25) is 0 Å². The molecule has 190 valence electrons. The number of aryl methyl sites for hydroxylation is 3. The Bertz CT molecular complexity index is 1940. The zero-order valence-electron chi connectivity index (χ0n) is 25.4. The molecule has 0 atom stereocenters. The molecule has 4 aromatic carbocycles. The average Bonchev–Trinajstić information content (AvgIpc) is 3.20. The molecule has 5 aromatic rings. The van der Waals surface area contributed by atoms with Crippen molar-refractivity contribution in [2.24, 2.45) is 7.05 Å². The minimum absolute atomic E-state index is 0.290. The molecule has 0 spiro atoms. The number of halogens is 1. The first-order chi connectivity index (χ1) is 19.9. The molecule has 0 radical (unpaired) electrons. The molecule has 1 aromatic heterocycles. The van der Waals surface area contributed by atoms with E-state index in [-0.39, 0.29) is 5.56 Å². The summed E-state index contributed by atoms with van der Waals surface area (Å²) in [6.07, 6.45) is 1.40. The summed E-state index contributed by atoms with van der Waals surface area (Å²) in [7, 11) is 1.78. The van der Waals surface area contributed by atoms with Gasteiger partial charge in [-0.25, -0.2) is 0 Å². The third-order valence-electron chi connectivity index (χ3n) is 8.02. The molecule has 4 heteroatoms. The molecule has 0 unspecified atom stereocenters. The van der Waals surface area contributed by atoms with Crippen LogP contribution in [-0.2, 0) is 7.05 Å². The Labute approximate surface area is 236 Å². The average molecular weight is 573 g/mol. The van der Waals surface area contributed by atoms with Crippen molar-refractivity contribution in [2.45, 2.75) is 25.3 Å². The summed E-state index contributed by atoms with van der Waals surface area (Å²) < 4.78 is 42.8. The van der Waals surface area contributed by atoms with Gasteiger partial charge in [0.25, 0.3) is 0 Å². The van der Waals surface area contributed by atoms with Gasteiger partial charge in [0.2, 0.25) is 0 Å². The van der Waals surface area contributed by atoms with Gasteiger partial charge in [0.15, 0.2) is 0 Å². The number of aromatic nitrogens is 1. The standard InChI is InChI=1S/C35H30FGeN2/c1-22-14-16-28-29-17-15-27(20-38)33(26-13-9-12-25(18-26)24-10-7-6-8-11-24)35(29)37(3,4)34(28)32(22)31-19-30(36)23(2)21-39(31)5/h6-19,21H,1-5H3/q+1/i2D3. The molecule has 0 N–H and O–H groups in total. The summed E-state index contributed by atoms with van der Waals surface area (Å²) in [5, 5.41) is 10.3. The van der Waals surface area contributed by atoms with Gasteiger partial charge in [-0.2, -0.15) is 0 Å². The molecule has 0 saturated heterocycles. The van der Waals surface area contributed by atoms with Gasteiger partial charge in [-0.05, 0) is 0 Å². The summed E-state index contributed by atoms with van der Waals surface area (Å²) in [4.78, 5) is 0. The fourth-order valence-corrected chi connectivity index (χ4v) is 14.4. The third kappa shape index (κ3) is 3.94. The van der Waals surface area contributed by atoms with Crippen molar-refractivity contribution in [3.8, 4) is 50.7 Å². The van der Waals surface area contributed by atoms with E-state index in [2.05, 4.69) is 66.1 Å². The van der Waals surface area contributed by atoms with E-state index in [4.69, 9.17) is 4.11 Å². The van der Waals surface area contributed by atoms with Crippen molar-refractivity contribution in [1.29, 1.82) is 5.26 Å². The molecule has 39 heavy (non-hydrogen) atoms. The fourth-order valence-electron chi connectivity index (χ4n) is 6.26. The maximum absolute atomic E-state index is 15.3. The van der Waals surface area contributed by atoms with Crippen molar-refractivity contribution < 1.29 is 13.1 Å². The van der Waals surface area contributed by atoms with Gasteiger partial charge in [0.05, 0.1) is 0 Å².